The summed E-state index contributed by atoms with van der Waals surface area (Å²) in [6, 6.07) is 11.0. The molecule has 5 heteroatoms. The van der Waals surface area contributed by atoms with Crippen molar-refractivity contribution < 1.29 is 9.59 Å². The second-order valence-corrected chi connectivity index (χ2v) is 6.69. The van der Waals surface area contributed by atoms with E-state index in [2.05, 4.69) is 15.6 Å². The van der Waals surface area contributed by atoms with Crippen LogP contribution in [-0.2, 0) is 16.0 Å². The van der Waals surface area contributed by atoms with Crippen molar-refractivity contribution in [3.63, 3.8) is 0 Å². The monoisotopic (exact) mass is 325 g/mol. The van der Waals surface area contributed by atoms with E-state index in [9.17, 15) is 9.59 Å². The first-order valence-corrected chi connectivity index (χ1v) is 7.95. The SMILES string of the molecule is CC(C)(C)C(=O)Nc1cccc(NC(=O)CCc2cccnc2)c1. The number of carbonyl (C=O) groups excluding carboxylic acids is 2. The van der Waals surface area contributed by atoms with Gasteiger partial charge in [0.05, 0.1) is 0 Å². The number of hydrogen-bond acceptors (Lipinski definition) is 3. The standard InChI is InChI=1S/C19H23N3O2/c1-19(2,3)18(24)22-16-8-4-7-15(12-16)21-17(23)10-9-14-6-5-11-20-13-14/h4-8,11-13H,9-10H2,1-3H3,(H,21,23)(H,22,24). The van der Waals surface area contributed by atoms with E-state index < -0.39 is 5.41 Å². The van der Waals surface area contributed by atoms with Crippen LogP contribution in [0.5, 0.6) is 0 Å². The third-order valence-corrected chi connectivity index (χ3v) is 3.45. The van der Waals surface area contributed by atoms with Crippen molar-refractivity contribution in [1.82, 2.24) is 4.98 Å². The number of rotatable bonds is 5. The predicted octanol–water partition coefficient (Wildman–Crippen LogP) is 3.64. The average Bonchev–Trinajstić information content (AvgIpc) is 2.53. The minimum Gasteiger partial charge on any atom is -0.326 e. The van der Waals surface area contributed by atoms with Crippen molar-refractivity contribution in [3.05, 3.63) is 54.4 Å². The van der Waals surface area contributed by atoms with Crippen LogP contribution >= 0.6 is 0 Å². The molecule has 1 aromatic carbocycles. The van der Waals surface area contributed by atoms with Gasteiger partial charge in [0.2, 0.25) is 11.8 Å². The molecule has 0 bridgehead atoms. The smallest absolute Gasteiger partial charge is 0.229 e. The van der Waals surface area contributed by atoms with Gasteiger partial charge in [-0.05, 0) is 36.2 Å². The lowest BCUT2D eigenvalue weighted by Gasteiger charge is -2.18. The number of pyridine rings is 1. The zero-order chi connectivity index (χ0) is 17.6. The molecule has 126 valence electrons. The van der Waals surface area contributed by atoms with Crippen LogP contribution in [-0.4, -0.2) is 16.8 Å². The van der Waals surface area contributed by atoms with E-state index >= 15 is 0 Å². The van der Waals surface area contributed by atoms with E-state index in [-0.39, 0.29) is 11.8 Å². The van der Waals surface area contributed by atoms with E-state index in [4.69, 9.17) is 0 Å². The Morgan fingerprint density at radius 2 is 1.75 bits per heavy atom. The number of amides is 2. The maximum Gasteiger partial charge on any atom is 0.229 e. The maximum absolute atomic E-state index is 12.1. The molecule has 1 heterocycles. The molecule has 24 heavy (non-hydrogen) atoms. The van der Waals surface area contributed by atoms with E-state index in [1.54, 1.807) is 36.7 Å². The van der Waals surface area contributed by atoms with Crippen molar-refractivity contribution in [2.75, 3.05) is 10.6 Å². The molecule has 0 saturated carbocycles. The maximum atomic E-state index is 12.1. The van der Waals surface area contributed by atoms with Crippen LogP contribution in [0.4, 0.5) is 11.4 Å². The summed E-state index contributed by atoms with van der Waals surface area (Å²) in [5, 5.41) is 5.71. The third kappa shape index (κ3) is 5.50. The first-order chi connectivity index (χ1) is 11.3. The van der Waals surface area contributed by atoms with Crippen LogP contribution in [0.25, 0.3) is 0 Å². The van der Waals surface area contributed by atoms with Crippen LogP contribution in [0.1, 0.15) is 32.8 Å². The largest absolute Gasteiger partial charge is 0.326 e. The van der Waals surface area contributed by atoms with Gasteiger partial charge in [0.15, 0.2) is 0 Å². The summed E-state index contributed by atoms with van der Waals surface area (Å²) < 4.78 is 0. The summed E-state index contributed by atoms with van der Waals surface area (Å²) in [5.41, 5.74) is 1.89. The fraction of sp³-hybridized carbons (Fsp3) is 0.316. The van der Waals surface area contributed by atoms with E-state index in [1.807, 2.05) is 32.9 Å². The summed E-state index contributed by atoms with van der Waals surface area (Å²) in [7, 11) is 0. The number of nitrogens with zero attached hydrogens (tertiary/aromatic N) is 1. The van der Waals surface area contributed by atoms with E-state index in [0.717, 1.165) is 5.56 Å². The second-order valence-electron chi connectivity index (χ2n) is 6.69. The highest BCUT2D eigenvalue weighted by Gasteiger charge is 2.21. The molecule has 1 aromatic heterocycles. The Morgan fingerprint density at radius 3 is 2.38 bits per heavy atom. The Morgan fingerprint density at radius 1 is 1.04 bits per heavy atom. The molecule has 0 spiro atoms. The van der Waals surface area contributed by atoms with Gasteiger partial charge in [-0.1, -0.05) is 32.9 Å². The van der Waals surface area contributed by atoms with Gasteiger partial charge in [-0.2, -0.15) is 0 Å². The summed E-state index contributed by atoms with van der Waals surface area (Å²) in [6.07, 6.45) is 4.49. The van der Waals surface area contributed by atoms with Gasteiger partial charge >= 0.3 is 0 Å². The average molecular weight is 325 g/mol. The third-order valence-electron chi connectivity index (χ3n) is 3.45. The Hall–Kier alpha value is -2.69. The van der Waals surface area contributed by atoms with E-state index in [1.165, 1.54) is 0 Å². The molecule has 0 fully saturated rings. The summed E-state index contributed by atoms with van der Waals surface area (Å²) in [4.78, 5) is 28.1. The fourth-order valence-corrected chi connectivity index (χ4v) is 2.02. The van der Waals surface area contributed by atoms with Crippen LogP contribution in [0.2, 0.25) is 0 Å². The molecule has 0 radical (unpaired) electrons. The number of hydrogen-bond donors (Lipinski definition) is 2. The van der Waals surface area contributed by atoms with Gasteiger partial charge in [0.25, 0.3) is 0 Å². The number of carbonyl (C=O) groups is 2. The van der Waals surface area contributed by atoms with Crippen molar-refractivity contribution in [3.8, 4) is 0 Å². The summed E-state index contributed by atoms with van der Waals surface area (Å²) in [5.74, 6) is -0.138. The Kier molecular flexibility index (Phi) is 5.68. The van der Waals surface area contributed by atoms with Crippen LogP contribution in [0.3, 0.4) is 0 Å². The number of nitrogens with one attached hydrogen (secondary N) is 2. The fourth-order valence-electron chi connectivity index (χ4n) is 2.02. The molecular formula is C19H23N3O2. The first kappa shape index (κ1) is 17.7. The molecule has 0 aliphatic rings. The zero-order valence-corrected chi connectivity index (χ0v) is 14.3. The van der Waals surface area contributed by atoms with Gasteiger partial charge in [-0.3, -0.25) is 14.6 Å². The number of anilines is 2. The molecule has 2 aromatic rings. The van der Waals surface area contributed by atoms with Gasteiger partial charge in [-0.25, -0.2) is 0 Å². The second kappa shape index (κ2) is 7.73. The lowest BCUT2D eigenvalue weighted by atomic mass is 9.95. The van der Waals surface area contributed by atoms with Crippen molar-refractivity contribution in [1.29, 1.82) is 0 Å². The lowest BCUT2D eigenvalue weighted by molar-refractivity contribution is -0.123. The minimum absolute atomic E-state index is 0.0671. The topological polar surface area (TPSA) is 71.1 Å². The highest BCUT2D eigenvalue weighted by molar-refractivity contribution is 5.96. The van der Waals surface area contributed by atoms with Crippen LogP contribution in [0, 0.1) is 5.41 Å². The van der Waals surface area contributed by atoms with Crippen molar-refractivity contribution >= 4 is 23.2 Å². The number of benzene rings is 1. The normalized spacial score (nSPS) is 11.0. The molecule has 0 aliphatic heterocycles. The lowest BCUT2D eigenvalue weighted by Crippen LogP contribution is -2.27. The number of aromatic nitrogens is 1. The molecule has 2 amide bonds. The van der Waals surface area contributed by atoms with E-state index in [0.29, 0.717) is 24.2 Å². The van der Waals surface area contributed by atoms with Gasteiger partial charge in [0.1, 0.15) is 0 Å². The highest BCUT2D eigenvalue weighted by Crippen LogP contribution is 2.20. The van der Waals surface area contributed by atoms with Gasteiger partial charge in [0, 0.05) is 35.6 Å². The number of aryl methyl sites for hydroxylation is 1. The Balaban J connectivity index is 1.91. The van der Waals surface area contributed by atoms with Gasteiger partial charge in [-0.15, -0.1) is 0 Å². The summed E-state index contributed by atoms with van der Waals surface area (Å²) >= 11 is 0. The molecule has 5 nitrogen and oxygen atoms in total. The Labute approximate surface area is 142 Å². The molecule has 0 saturated heterocycles. The first-order valence-electron chi connectivity index (χ1n) is 7.95. The quantitative estimate of drug-likeness (QED) is 0.881. The molecule has 0 aliphatic carbocycles. The molecular weight excluding hydrogens is 302 g/mol. The molecule has 0 unspecified atom stereocenters. The summed E-state index contributed by atoms with van der Waals surface area (Å²) in [6.45, 7) is 5.56. The van der Waals surface area contributed by atoms with Crippen LogP contribution in [0.15, 0.2) is 48.8 Å². The predicted molar refractivity (Wildman–Crippen MR) is 95.7 cm³/mol. The van der Waals surface area contributed by atoms with Crippen molar-refractivity contribution in [2.45, 2.75) is 33.6 Å². The highest BCUT2D eigenvalue weighted by atomic mass is 16.2. The molecule has 0 atom stereocenters. The van der Waals surface area contributed by atoms with Crippen LogP contribution < -0.4 is 10.6 Å². The molecule has 2 N–H and O–H groups in total. The Bertz CT molecular complexity index is 706. The van der Waals surface area contributed by atoms with Gasteiger partial charge < -0.3 is 10.6 Å². The zero-order valence-electron chi connectivity index (χ0n) is 14.3. The minimum atomic E-state index is -0.469. The van der Waals surface area contributed by atoms with Crippen molar-refractivity contribution in [2.24, 2.45) is 5.41 Å². The molecule has 2 rings (SSSR count).